The third-order valence-electron chi connectivity index (χ3n) is 7.40. The lowest BCUT2D eigenvalue weighted by molar-refractivity contribution is -0.133. The number of carbonyl (C=O) groups is 2. The van der Waals surface area contributed by atoms with Gasteiger partial charge in [-0.1, -0.05) is 50.2 Å². The smallest absolute Gasteiger partial charge is 0.237 e. The maximum absolute atomic E-state index is 13.6. The molecule has 4 aromatic rings. The minimum atomic E-state index is -0.0561. The highest BCUT2D eigenvalue weighted by atomic mass is 16.5. The van der Waals surface area contributed by atoms with Gasteiger partial charge in [-0.05, 0) is 38.6 Å². The molecule has 42 heavy (non-hydrogen) atoms. The van der Waals surface area contributed by atoms with Crippen LogP contribution >= 0.6 is 0 Å². The molecule has 0 radical (unpaired) electrons. The van der Waals surface area contributed by atoms with Crippen LogP contribution in [0.3, 0.4) is 0 Å². The highest BCUT2D eigenvalue weighted by Crippen LogP contribution is 2.29. The number of pyridine rings is 1. The quantitative estimate of drug-likeness (QED) is 0.213. The first-order valence-corrected chi connectivity index (χ1v) is 14.6. The van der Waals surface area contributed by atoms with E-state index in [1.54, 1.807) is 7.11 Å². The number of ether oxygens (including phenoxy) is 2. The lowest BCUT2D eigenvalue weighted by atomic mass is 10.1. The Balaban J connectivity index is 1.62. The molecule has 10 nitrogen and oxygen atoms in total. The van der Waals surface area contributed by atoms with Crippen molar-refractivity contribution in [2.24, 2.45) is 0 Å². The van der Waals surface area contributed by atoms with Crippen LogP contribution in [0.15, 0.2) is 48.5 Å². The maximum atomic E-state index is 13.6. The van der Waals surface area contributed by atoms with Gasteiger partial charge in [-0.15, -0.1) is 0 Å². The van der Waals surface area contributed by atoms with E-state index in [1.165, 1.54) is 6.92 Å². The molecule has 2 aromatic heterocycles. The summed E-state index contributed by atoms with van der Waals surface area (Å²) in [4.78, 5) is 38.6. The number of para-hydroxylation sites is 2. The van der Waals surface area contributed by atoms with Gasteiger partial charge in [0.25, 0.3) is 0 Å². The van der Waals surface area contributed by atoms with E-state index >= 15 is 0 Å². The van der Waals surface area contributed by atoms with Gasteiger partial charge in [-0.3, -0.25) is 14.5 Å². The zero-order chi connectivity index (χ0) is 30.1. The van der Waals surface area contributed by atoms with Gasteiger partial charge in [-0.2, -0.15) is 0 Å². The molecule has 0 atom stereocenters. The van der Waals surface area contributed by atoms with E-state index in [0.29, 0.717) is 62.7 Å². The topological polar surface area (TPSA) is 116 Å². The fourth-order valence-electron chi connectivity index (χ4n) is 5.14. The Labute approximate surface area is 247 Å². The predicted molar refractivity (Wildman–Crippen MR) is 165 cm³/mol. The van der Waals surface area contributed by atoms with Crippen molar-refractivity contribution in [2.45, 2.75) is 46.7 Å². The van der Waals surface area contributed by atoms with Crippen molar-refractivity contribution in [1.82, 2.24) is 24.3 Å². The Morgan fingerprint density at radius 1 is 1.02 bits per heavy atom. The number of hydrogen-bond donors (Lipinski definition) is 1. The van der Waals surface area contributed by atoms with Crippen LogP contribution in [0.4, 0.5) is 5.82 Å². The number of rotatable bonds is 16. The van der Waals surface area contributed by atoms with Crippen molar-refractivity contribution in [1.29, 1.82) is 0 Å². The van der Waals surface area contributed by atoms with Gasteiger partial charge in [0.05, 0.1) is 24.2 Å². The number of anilines is 1. The number of amides is 1. The molecule has 10 heteroatoms. The molecule has 2 N–H and O–H groups in total. The average Bonchev–Trinajstić information content (AvgIpc) is 3.36. The van der Waals surface area contributed by atoms with Crippen LogP contribution in [-0.2, 0) is 33.8 Å². The Hall–Kier alpha value is -4.02. The van der Waals surface area contributed by atoms with Crippen molar-refractivity contribution in [3.63, 3.8) is 0 Å². The molecule has 0 fully saturated rings. The summed E-state index contributed by atoms with van der Waals surface area (Å²) in [5, 5.41) is 0.990. The summed E-state index contributed by atoms with van der Waals surface area (Å²) in [7, 11) is 1.68. The summed E-state index contributed by atoms with van der Waals surface area (Å²) >= 11 is 0. The monoisotopic (exact) mass is 574 g/mol. The molecule has 0 aliphatic carbocycles. The number of nitrogen functional groups attached to an aromatic ring is 1. The third-order valence-corrected chi connectivity index (χ3v) is 7.40. The fourth-order valence-corrected chi connectivity index (χ4v) is 5.14. The number of ketones is 1. The average molecular weight is 575 g/mol. The van der Waals surface area contributed by atoms with Crippen LogP contribution in [0.25, 0.3) is 21.9 Å². The molecule has 0 unspecified atom stereocenters. The van der Waals surface area contributed by atoms with Crippen LogP contribution in [-0.4, -0.2) is 82.5 Å². The Bertz CT molecular complexity index is 1510. The zero-order valence-corrected chi connectivity index (χ0v) is 25.1. The SMILES string of the molecule is CCN(CC)CC(=O)N(CCCn1c(CCOC)nc2c(N)nc3ccccc3c21)Cc1ccccc1OCC(C)=O. The molecule has 0 aliphatic heterocycles. The summed E-state index contributed by atoms with van der Waals surface area (Å²) in [6, 6.07) is 15.5. The molecule has 1 amide bonds. The molecule has 0 saturated heterocycles. The van der Waals surface area contributed by atoms with Gasteiger partial charge in [0, 0.05) is 44.1 Å². The molecular formula is C32H42N6O4. The fraction of sp³-hybridized carbons (Fsp3) is 0.438. The number of aryl methyl sites for hydroxylation is 1. The first-order valence-electron chi connectivity index (χ1n) is 14.6. The molecule has 2 heterocycles. The number of hydrogen-bond acceptors (Lipinski definition) is 8. The number of nitrogens with two attached hydrogens (primary N) is 1. The van der Waals surface area contributed by atoms with Gasteiger partial charge in [0.2, 0.25) is 5.91 Å². The summed E-state index contributed by atoms with van der Waals surface area (Å²) < 4.78 is 13.3. The summed E-state index contributed by atoms with van der Waals surface area (Å²) in [6.07, 6.45) is 1.33. The first-order chi connectivity index (χ1) is 20.4. The zero-order valence-electron chi connectivity index (χ0n) is 25.1. The molecule has 2 aromatic carbocycles. The van der Waals surface area contributed by atoms with Crippen LogP contribution in [0.5, 0.6) is 5.75 Å². The number of likely N-dealkylation sites (N-methyl/N-ethyl adjacent to an activating group) is 1. The van der Waals surface area contributed by atoms with Gasteiger partial charge >= 0.3 is 0 Å². The minimum absolute atomic E-state index is 0.00565. The largest absolute Gasteiger partial charge is 0.485 e. The van der Waals surface area contributed by atoms with Crippen molar-refractivity contribution >= 4 is 39.4 Å². The molecule has 0 aliphatic rings. The lowest BCUT2D eigenvalue weighted by Crippen LogP contribution is -2.40. The number of carbonyl (C=O) groups excluding carboxylic acids is 2. The van der Waals surface area contributed by atoms with Crippen LogP contribution in [0.2, 0.25) is 0 Å². The molecule has 0 spiro atoms. The highest BCUT2D eigenvalue weighted by molar-refractivity contribution is 6.06. The Kier molecular flexibility index (Phi) is 10.9. The van der Waals surface area contributed by atoms with E-state index < -0.39 is 0 Å². The second kappa shape index (κ2) is 14.7. The standard InChI is InChI=1S/C32H42N6O4/c1-5-36(6-2)21-29(40)37(20-24-12-7-10-15-27(24)42-22-23(3)39)17-11-18-38-28(16-19-41-4)35-30-31(38)25-13-8-9-14-26(25)34-32(30)33/h7-10,12-15H,5-6,11,16-22H2,1-4H3,(H2,33,34). The molecule has 4 rings (SSSR count). The highest BCUT2D eigenvalue weighted by Gasteiger charge is 2.21. The van der Waals surface area contributed by atoms with Gasteiger partial charge in [0.15, 0.2) is 11.6 Å². The summed E-state index contributed by atoms with van der Waals surface area (Å²) in [5.74, 6) is 1.89. The second-order valence-corrected chi connectivity index (χ2v) is 10.4. The normalized spacial score (nSPS) is 11.5. The van der Waals surface area contributed by atoms with E-state index in [1.807, 2.05) is 53.4 Å². The van der Waals surface area contributed by atoms with Crippen molar-refractivity contribution < 1.29 is 19.1 Å². The molecule has 224 valence electrons. The number of benzene rings is 2. The summed E-state index contributed by atoms with van der Waals surface area (Å²) in [5.41, 5.74) is 9.68. The van der Waals surface area contributed by atoms with E-state index in [9.17, 15) is 9.59 Å². The lowest BCUT2D eigenvalue weighted by Gasteiger charge is -2.27. The van der Waals surface area contributed by atoms with Crippen LogP contribution in [0.1, 0.15) is 38.6 Å². The number of methoxy groups -OCH3 is 1. The van der Waals surface area contributed by atoms with Crippen LogP contribution in [0, 0.1) is 0 Å². The maximum Gasteiger partial charge on any atom is 0.237 e. The number of nitrogens with zero attached hydrogens (tertiary/aromatic N) is 5. The van der Waals surface area contributed by atoms with Gasteiger partial charge < -0.3 is 24.7 Å². The third kappa shape index (κ3) is 7.43. The minimum Gasteiger partial charge on any atom is -0.485 e. The first kappa shape index (κ1) is 30.9. The van der Waals surface area contributed by atoms with E-state index in [-0.39, 0.29) is 18.3 Å². The second-order valence-electron chi connectivity index (χ2n) is 10.4. The van der Waals surface area contributed by atoms with Crippen molar-refractivity contribution in [3.05, 3.63) is 59.9 Å². The Morgan fingerprint density at radius 3 is 2.50 bits per heavy atom. The predicted octanol–water partition coefficient (Wildman–Crippen LogP) is 4.08. The Morgan fingerprint density at radius 2 is 1.76 bits per heavy atom. The number of imidazole rings is 1. The van der Waals surface area contributed by atoms with E-state index in [2.05, 4.69) is 28.3 Å². The number of Topliss-reactive ketones (excluding diaryl/α,β-unsaturated/α-hetero) is 1. The molecular weight excluding hydrogens is 532 g/mol. The van der Waals surface area contributed by atoms with Gasteiger partial charge in [-0.25, -0.2) is 9.97 Å². The van der Waals surface area contributed by atoms with E-state index in [0.717, 1.165) is 40.9 Å². The van der Waals surface area contributed by atoms with Gasteiger partial charge in [0.1, 0.15) is 23.7 Å². The number of fused-ring (bicyclic) bond motifs is 3. The molecule has 0 bridgehead atoms. The van der Waals surface area contributed by atoms with Crippen LogP contribution < -0.4 is 10.5 Å². The van der Waals surface area contributed by atoms with Crippen molar-refractivity contribution in [3.8, 4) is 5.75 Å². The van der Waals surface area contributed by atoms with E-state index in [4.69, 9.17) is 20.2 Å². The molecule has 0 saturated carbocycles. The summed E-state index contributed by atoms with van der Waals surface area (Å²) in [6.45, 7) is 9.61. The van der Waals surface area contributed by atoms with Crippen molar-refractivity contribution in [2.75, 3.05) is 52.2 Å². The number of aromatic nitrogens is 3.